The van der Waals surface area contributed by atoms with Crippen molar-refractivity contribution in [3.63, 3.8) is 0 Å². The number of nitrogens with zero attached hydrogens (tertiary/aromatic N) is 1. The Morgan fingerprint density at radius 1 is 1.10 bits per heavy atom. The molecular weight excluding hydrogens is 246 g/mol. The van der Waals surface area contributed by atoms with Crippen molar-refractivity contribution in [2.24, 2.45) is 11.8 Å². The van der Waals surface area contributed by atoms with Gasteiger partial charge in [0.05, 0.1) is 11.1 Å². The molecule has 1 aromatic carbocycles. The zero-order chi connectivity index (χ0) is 13.6. The average molecular weight is 267 g/mol. The Kier molecular flexibility index (Phi) is 2.81. The quantitative estimate of drug-likeness (QED) is 0.891. The van der Waals surface area contributed by atoms with Gasteiger partial charge in [0.1, 0.15) is 0 Å². The summed E-state index contributed by atoms with van der Waals surface area (Å²) in [5, 5.41) is 12.3. The van der Waals surface area contributed by atoms with E-state index in [1.807, 2.05) is 12.3 Å². The molecule has 2 atom stereocenters. The summed E-state index contributed by atoms with van der Waals surface area (Å²) in [4.78, 5) is 4.42. The van der Waals surface area contributed by atoms with Crippen molar-refractivity contribution in [2.45, 2.75) is 44.1 Å². The molecular formula is C18H21NO. The van der Waals surface area contributed by atoms with Crippen molar-refractivity contribution in [1.29, 1.82) is 0 Å². The topological polar surface area (TPSA) is 33.1 Å². The van der Waals surface area contributed by atoms with Crippen LogP contribution >= 0.6 is 0 Å². The first-order valence-corrected chi connectivity index (χ1v) is 7.82. The fraction of sp³-hybridized carbons (Fsp3) is 0.500. The Morgan fingerprint density at radius 2 is 2.00 bits per heavy atom. The molecule has 2 aliphatic carbocycles. The molecule has 1 aromatic heterocycles. The highest BCUT2D eigenvalue weighted by molar-refractivity contribution is 5.79. The van der Waals surface area contributed by atoms with E-state index in [2.05, 4.69) is 29.2 Å². The molecule has 1 N–H and O–H groups in total. The summed E-state index contributed by atoms with van der Waals surface area (Å²) in [5.74, 6) is 1.62. The molecule has 2 heteroatoms. The molecule has 4 rings (SSSR count). The Morgan fingerprint density at radius 3 is 2.85 bits per heavy atom. The predicted molar refractivity (Wildman–Crippen MR) is 80.3 cm³/mol. The van der Waals surface area contributed by atoms with Crippen LogP contribution in [-0.4, -0.2) is 10.1 Å². The smallest absolute Gasteiger partial charge is 0.0900 e. The van der Waals surface area contributed by atoms with Crippen LogP contribution in [0.1, 0.15) is 44.1 Å². The third-order valence-corrected chi connectivity index (χ3v) is 5.20. The number of fused-ring (bicyclic) bond motifs is 1. The van der Waals surface area contributed by atoms with Crippen LogP contribution in [0.2, 0.25) is 0 Å². The predicted octanol–water partition coefficient (Wildman–Crippen LogP) is 4.02. The fourth-order valence-corrected chi connectivity index (χ4v) is 3.88. The normalized spacial score (nSPS) is 30.6. The van der Waals surface area contributed by atoms with Gasteiger partial charge in [0.2, 0.25) is 0 Å². The van der Waals surface area contributed by atoms with Gasteiger partial charge in [-0.15, -0.1) is 0 Å². The maximum Gasteiger partial charge on any atom is 0.0900 e. The van der Waals surface area contributed by atoms with Crippen molar-refractivity contribution in [3.8, 4) is 0 Å². The molecule has 0 bridgehead atoms. The second-order valence-corrected chi connectivity index (χ2v) is 6.64. The van der Waals surface area contributed by atoms with Gasteiger partial charge in [-0.2, -0.15) is 0 Å². The van der Waals surface area contributed by atoms with Gasteiger partial charge in [-0.25, -0.2) is 0 Å². The number of hydrogen-bond donors (Lipinski definition) is 1. The minimum absolute atomic E-state index is 0.628. The molecule has 0 radical (unpaired) electrons. The van der Waals surface area contributed by atoms with Crippen molar-refractivity contribution in [1.82, 2.24) is 4.98 Å². The van der Waals surface area contributed by atoms with Crippen molar-refractivity contribution in [3.05, 3.63) is 42.1 Å². The summed E-state index contributed by atoms with van der Waals surface area (Å²) in [7, 11) is 0. The maximum absolute atomic E-state index is 11.1. The molecule has 2 saturated carbocycles. The molecule has 0 saturated heterocycles. The lowest BCUT2D eigenvalue weighted by Gasteiger charge is -2.37. The Balaban J connectivity index is 1.69. The molecule has 2 aromatic rings. The molecule has 2 aliphatic rings. The van der Waals surface area contributed by atoms with Crippen LogP contribution in [0.5, 0.6) is 0 Å². The number of pyridine rings is 1. The van der Waals surface area contributed by atoms with Gasteiger partial charge >= 0.3 is 0 Å². The summed E-state index contributed by atoms with van der Waals surface area (Å²) in [6.07, 6.45) is 8.87. The minimum atomic E-state index is -0.628. The van der Waals surface area contributed by atoms with E-state index in [0.717, 1.165) is 47.6 Å². The molecule has 0 spiro atoms. The van der Waals surface area contributed by atoms with Crippen LogP contribution in [0.15, 0.2) is 36.5 Å². The highest BCUT2D eigenvalue weighted by Gasteiger charge is 2.41. The van der Waals surface area contributed by atoms with E-state index in [1.165, 1.54) is 19.3 Å². The summed E-state index contributed by atoms with van der Waals surface area (Å²) in [6.45, 7) is 0. The Hall–Kier alpha value is -1.41. The Labute approximate surface area is 119 Å². The molecule has 20 heavy (non-hydrogen) atoms. The van der Waals surface area contributed by atoms with Gasteiger partial charge in [-0.3, -0.25) is 4.98 Å². The van der Waals surface area contributed by atoms with Crippen molar-refractivity contribution < 1.29 is 5.11 Å². The van der Waals surface area contributed by atoms with Gasteiger partial charge in [0.15, 0.2) is 0 Å². The third kappa shape index (κ3) is 2.12. The molecule has 1 heterocycles. The highest BCUT2D eigenvalue weighted by Crippen LogP contribution is 2.49. The lowest BCUT2D eigenvalue weighted by molar-refractivity contribution is -0.0250. The first-order valence-electron chi connectivity index (χ1n) is 7.82. The van der Waals surface area contributed by atoms with E-state index >= 15 is 0 Å². The summed E-state index contributed by atoms with van der Waals surface area (Å²) in [6, 6.07) is 10.3. The van der Waals surface area contributed by atoms with Crippen molar-refractivity contribution >= 4 is 10.9 Å². The second kappa shape index (κ2) is 4.56. The summed E-state index contributed by atoms with van der Waals surface area (Å²) >= 11 is 0. The molecule has 2 fully saturated rings. The van der Waals surface area contributed by atoms with E-state index < -0.39 is 5.60 Å². The van der Waals surface area contributed by atoms with E-state index in [1.54, 1.807) is 0 Å². The van der Waals surface area contributed by atoms with Crippen molar-refractivity contribution in [2.75, 3.05) is 0 Å². The first kappa shape index (κ1) is 12.3. The summed E-state index contributed by atoms with van der Waals surface area (Å²) in [5.41, 5.74) is 1.43. The van der Waals surface area contributed by atoms with Crippen LogP contribution in [0.4, 0.5) is 0 Å². The number of aliphatic hydroxyl groups is 1. The van der Waals surface area contributed by atoms with Gasteiger partial charge in [0.25, 0.3) is 0 Å². The van der Waals surface area contributed by atoms with Gasteiger partial charge in [0, 0.05) is 11.6 Å². The zero-order valence-corrected chi connectivity index (χ0v) is 11.8. The van der Waals surface area contributed by atoms with E-state index in [4.69, 9.17) is 0 Å². The van der Waals surface area contributed by atoms with E-state index in [9.17, 15) is 5.11 Å². The molecule has 0 aliphatic heterocycles. The first-order chi connectivity index (χ1) is 9.74. The van der Waals surface area contributed by atoms with Crippen LogP contribution in [0, 0.1) is 11.8 Å². The molecule has 0 amide bonds. The lowest BCUT2D eigenvalue weighted by Crippen LogP contribution is -2.33. The summed E-state index contributed by atoms with van der Waals surface area (Å²) < 4.78 is 0. The largest absolute Gasteiger partial charge is 0.385 e. The van der Waals surface area contributed by atoms with Gasteiger partial charge in [-0.1, -0.05) is 18.2 Å². The molecule has 2 unspecified atom stereocenters. The number of hydrogen-bond acceptors (Lipinski definition) is 2. The molecule has 104 valence electrons. The van der Waals surface area contributed by atoms with Gasteiger partial charge in [-0.05, 0) is 68.1 Å². The lowest BCUT2D eigenvalue weighted by atomic mass is 9.72. The molecule has 2 nitrogen and oxygen atoms in total. The number of benzene rings is 1. The van der Waals surface area contributed by atoms with Crippen LogP contribution in [0.3, 0.4) is 0 Å². The zero-order valence-electron chi connectivity index (χ0n) is 11.8. The number of rotatable bonds is 2. The van der Waals surface area contributed by atoms with Gasteiger partial charge < -0.3 is 5.11 Å². The minimum Gasteiger partial charge on any atom is -0.385 e. The Bertz CT molecular complexity index is 634. The SMILES string of the molecule is OC1(c2ccc3cccnc3c2)CCCC(C2CC2)C1. The average Bonchev–Trinajstić information content (AvgIpc) is 3.31. The van der Waals surface area contributed by atoms with Crippen LogP contribution in [-0.2, 0) is 5.60 Å². The fourth-order valence-electron chi connectivity index (χ4n) is 3.88. The second-order valence-electron chi connectivity index (χ2n) is 6.64. The monoisotopic (exact) mass is 267 g/mol. The number of aromatic nitrogens is 1. The maximum atomic E-state index is 11.1. The van der Waals surface area contributed by atoms with Crippen LogP contribution < -0.4 is 0 Å². The standard InChI is InChI=1S/C18H21NO/c20-18(9-1-3-15(12-18)13-5-6-13)16-8-7-14-4-2-10-19-17(14)11-16/h2,4,7-8,10-11,13,15,20H,1,3,5-6,9,12H2. The van der Waals surface area contributed by atoms with E-state index in [-0.39, 0.29) is 0 Å². The van der Waals surface area contributed by atoms with Crippen LogP contribution in [0.25, 0.3) is 10.9 Å². The highest BCUT2D eigenvalue weighted by atomic mass is 16.3. The van der Waals surface area contributed by atoms with E-state index in [0.29, 0.717) is 0 Å². The third-order valence-electron chi connectivity index (χ3n) is 5.20.